The summed E-state index contributed by atoms with van der Waals surface area (Å²) in [5, 5.41) is 0. The van der Waals surface area contributed by atoms with Crippen molar-refractivity contribution in [3.63, 3.8) is 0 Å². The van der Waals surface area contributed by atoms with Crippen molar-refractivity contribution >= 4 is 13.6 Å². The highest BCUT2D eigenvalue weighted by Crippen LogP contribution is 2.49. The molecule has 0 spiro atoms. The average Bonchev–Trinajstić information content (AvgIpc) is 2.63. The lowest BCUT2D eigenvalue weighted by Crippen LogP contribution is -2.10. The van der Waals surface area contributed by atoms with Gasteiger partial charge in [0.1, 0.15) is 17.3 Å². The molecule has 0 radical (unpaired) electrons. The molecule has 0 amide bonds. The molecular formula is C17H15N2O4P. The molecule has 0 unspecified atom stereocenters. The third-order valence-corrected chi connectivity index (χ3v) is 4.03. The summed E-state index contributed by atoms with van der Waals surface area (Å²) in [4.78, 5) is 4.03. The largest absolute Gasteiger partial charge is 0.609 e. The Hall–Kier alpha value is -2.82. The van der Waals surface area contributed by atoms with Crippen molar-refractivity contribution < 1.29 is 18.2 Å². The second kappa shape index (κ2) is 7.64. The second-order valence-electron chi connectivity index (χ2n) is 4.66. The maximum absolute atomic E-state index is 13.0. The van der Waals surface area contributed by atoms with Crippen LogP contribution in [0.5, 0.6) is 11.5 Å². The molecule has 0 saturated heterocycles. The number of anilines is 1. The van der Waals surface area contributed by atoms with Gasteiger partial charge >= 0.3 is 7.82 Å². The standard InChI is InChI=1S/C17H15N2O4P/c20-24(21-15-9-3-1-4-10-15,22-16-11-5-2-6-12-16)23-19-17-13-7-8-14-18-17/h1-14H,(H,18,19). The van der Waals surface area contributed by atoms with Gasteiger partial charge < -0.3 is 9.05 Å². The fourth-order valence-electron chi connectivity index (χ4n) is 1.80. The van der Waals surface area contributed by atoms with Crippen LogP contribution < -0.4 is 14.5 Å². The zero-order valence-corrected chi connectivity index (χ0v) is 13.5. The molecule has 0 bridgehead atoms. The normalized spacial score (nSPS) is 10.8. The molecule has 1 aromatic heterocycles. The van der Waals surface area contributed by atoms with Crippen LogP contribution in [0.2, 0.25) is 0 Å². The molecule has 24 heavy (non-hydrogen) atoms. The second-order valence-corrected chi connectivity index (χ2v) is 6.11. The molecule has 3 rings (SSSR count). The van der Waals surface area contributed by atoms with Gasteiger partial charge in [0.05, 0.1) is 0 Å². The van der Waals surface area contributed by atoms with Crippen LogP contribution in [0, 0.1) is 0 Å². The summed E-state index contributed by atoms with van der Waals surface area (Å²) in [7, 11) is -3.98. The first-order valence-electron chi connectivity index (χ1n) is 7.18. The Bertz CT molecular complexity index is 755. The molecule has 2 aromatic carbocycles. The number of para-hydroxylation sites is 2. The number of nitrogens with zero attached hydrogens (tertiary/aromatic N) is 1. The molecule has 1 N–H and O–H groups in total. The highest BCUT2D eigenvalue weighted by molar-refractivity contribution is 7.49. The van der Waals surface area contributed by atoms with Gasteiger partial charge in [-0.1, -0.05) is 42.5 Å². The maximum atomic E-state index is 13.0. The van der Waals surface area contributed by atoms with Crippen LogP contribution in [0.1, 0.15) is 0 Å². The summed E-state index contributed by atoms with van der Waals surface area (Å²) in [6.07, 6.45) is 1.58. The van der Waals surface area contributed by atoms with E-state index < -0.39 is 7.82 Å². The molecule has 0 fully saturated rings. The number of pyridine rings is 1. The van der Waals surface area contributed by atoms with E-state index in [4.69, 9.17) is 13.7 Å². The van der Waals surface area contributed by atoms with Crippen LogP contribution >= 0.6 is 7.82 Å². The predicted molar refractivity (Wildman–Crippen MR) is 90.7 cm³/mol. The summed E-state index contributed by atoms with van der Waals surface area (Å²) < 4.78 is 29.1. The molecule has 0 saturated carbocycles. The van der Waals surface area contributed by atoms with E-state index in [1.165, 1.54) is 0 Å². The number of aromatic nitrogens is 1. The van der Waals surface area contributed by atoms with Crippen molar-refractivity contribution in [3.8, 4) is 11.5 Å². The van der Waals surface area contributed by atoms with Crippen molar-refractivity contribution in [2.24, 2.45) is 0 Å². The van der Waals surface area contributed by atoms with Crippen molar-refractivity contribution in [3.05, 3.63) is 85.1 Å². The lowest BCUT2D eigenvalue weighted by Gasteiger charge is -2.18. The number of benzene rings is 2. The Morgan fingerprint density at radius 2 is 1.29 bits per heavy atom. The van der Waals surface area contributed by atoms with E-state index in [0.29, 0.717) is 17.3 Å². The Morgan fingerprint density at radius 1 is 0.750 bits per heavy atom. The van der Waals surface area contributed by atoms with Gasteiger partial charge in [-0.3, -0.25) is 0 Å². The lowest BCUT2D eigenvalue weighted by molar-refractivity contribution is 0.246. The fraction of sp³-hybridized carbons (Fsp3) is 0. The minimum absolute atomic E-state index is 0.361. The van der Waals surface area contributed by atoms with E-state index in [1.807, 2.05) is 12.1 Å². The molecule has 1 heterocycles. The van der Waals surface area contributed by atoms with E-state index in [-0.39, 0.29) is 0 Å². The Balaban J connectivity index is 1.78. The van der Waals surface area contributed by atoms with Crippen LogP contribution in [0.25, 0.3) is 0 Å². The first-order chi connectivity index (χ1) is 11.7. The van der Waals surface area contributed by atoms with E-state index in [9.17, 15) is 4.57 Å². The van der Waals surface area contributed by atoms with E-state index in [0.717, 1.165) is 0 Å². The third kappa shape index (κ3) is 4.59. The van der Waals surface area contributed by atoms with Gasteiger partial charge in [0.15, 0.2) is 0 Å². The molecule has 0 aliphatic rings. The van der Waals surface area contributed by atoms with Gasteiger partial charge in [0, 0.05) is 6.20 Å². The van der Waals surface area contributed by atoms with E-state index in [2.05, 4.69) is 10.5 Å². The molecule has 0 aliphatic heterocycles. The van der Waals surface area contributed by atoms with E-state index in [1.54, 1.807) is 72.9 Å². The van der Waals surface area contributed by atoms with Crippen LogP contribution in [-0.2, 0) is 9.19 Å². The van der Waals surface area contributed by atoms with Gasteiger partial charge in [-0.2, -0.15) is 0 Å². The van der Waals surface area contributed by atoms with Crippen LogP contribution in [0.4, 0.5) is 5.82 Å². The topological polar surface area (TPSA) is 69.7 Å². The molecule has 122 valence electrons. The van der Waals surface area contributed by atoms with Gasteiger partial charge in [0.25, 0.3) is 0 Å². The SMILES string of the molecule is O=P(ONc1ccccn1)(Oc1ccccc1)Oc1ccccc1. The molecule has 0 atom stereocenters. The summed E-state index contributed by atoms with van der Waals surface area (Å²) in [5.74, 6) is 1.10. The Labute approximate surface area is 139 Å². The Morgan fingerprint density at radius 3 is 1.79 bits per heavy atom. The van der Waals surface area contributed by atoms with Crippen LogP contribution in [0.15, 0.2) is 85.1 Å². The number of phosphoric ester groups is 1. The zero-order valence-electron chi connectivity index (χ0n) is 12.6. The average molecular weight is 342 g/mol. The summed E-state index contributed by atoms with van der Waals surface area (Å²) in [5.41, 5.74) is 2.50. The smallest absolute Gasteiger partial charge is 0.394 e. The summed E-state index contributed by atoms with van der Waals surface area (Å²) >= 11 is 0. The zero-order chi connectivity index (χ0) is 16.7. The number of hydrogen-bond donors (Lipinski definition) is 1. The first-order valence-corrected chi connectivity index (χ1v) is 8.65. The minimum atomic E-state index is -3.98. The number of rotatable bonds is 7. The predicted octanol–water partition coefficient (Wildman–Crippen LogP) is 4.69. The Kier molecular flexibility index (Phi) is 5.11. The highest BCUT2D eigenvalue weighted by atomic mass is 31.2. The highest BCUT2D eigenvalue weighted by Gasteiger charge is 2.32. The lowest BCUT2D eigenvalue weighted by atomic mass is 10.3. The van der Waals surface area contributed by atoms with Gasteiger partial charge in [0.2, 0.25) is 0 Å². The van der Waals surface area contributed by atoms with E-state index >= 15 is 0 Å². The fourth-order valence-corrected chi connectivity index (χ4v) is 2.88. The van der Waals surface area contributed by atoms with Crippen molar-refractivity contribution in [1.29, 1.82) is 0 Å². The third-order valence-electron chi connectivity index (χ3n) is 2.85. The van der Waals surface area contributed by atoms with Crippen LogP contribution in [-0.4, -0.2) is 4.98 Å². The van der Waals surface area contributed by atoms with Gasteiger partial charge in [-0.25, -0.2) is 15.0 Å². The van der Waals surface area contributed by atoms with Gasteiger partial charge in [-0.05, 0) is 36.4 Å². The quantitative estimate of drug-likeness (QED) is 0.496. The first kappa shape index (κ1) is 16.1. The maximum Gasteiger partial charge on any atom is 0.609 e. The molecule has 7 heteroatoms. The monoisotopic (exact) mass is 342 g/mol. The number of hydrogen-bond acceptors (Lipinski definition) is 6. The number of phosphoric acid groups is 1. The van der Waals surface area contributed by atoms with Gasteiger partial charge in [-0.15, -0.1) is 4.62 Å². The van der Waals surface area contributed by atoms with Crippen molar-refractivity contribution in [2.45, 2.75) is 0 Å². The minimum Gasteiger partial charge on any atom is -0.394 e. The van der Waals surface area contributed by atoms with Crippen molar-refractivity contribution in [2.75, 3.05) is 5.48 Å². The van der Waals surface area contributed by atoms with Crippen LogP contribution in [0.3, 0.4) is 0 Å². The molecule has 3 aromatic rings. The molecule has 0 aliphatic carbocycles. The molecular weight excluding hydrogens is 327 g/mol. The number of nitrogens with one attached hydrogen (secondary N) is 1. The summed E-state index contributed by atoms with van der Waals surface area (Å²) in [6.45, 7) is 0. The summed E-state index contributed by atoms with van der Waals surface area (Å²) in [6, 6.07) is 22.5. The van der Waals surface area contributed by atoms with Crippen molar-refractivity contribution in [1.82, 2.24) is 4.98 Å². The molecule has 6 nitrogen and oxygen atoms in total.